The maximum atomic E-state index is 5.63. The SMILES string of the molecule is CCc1ccc(C(NN)c2ccoc2)o1. The van der Waals surface area contributed by atoms with Gasteiger partial charge in [0.1, 0.15) is 17.6 Å². The van der Waals surface area contributed by atoms with E-state index >= 15 is 0 Å². The first-order valence-corrected chi connectivity index (χ1v) is 4.92. The van der Waals surface area contributed by atoms with Crippen LogP contribution in [0.15, 0.2) is 39.6 Å². The number of hydrogen-bond donors (Lipinski definition) is 2. The Kier molecular flexibility index (Phi) is 2.89. The molecule has 0 bridgehead atoms. The molecule has 80 valence electrons. The Labute approximate surface area is 88.0 Å². The summed E-state index contributed by atoms with van der Waals surface area (Å²) in [7, 11) is 0. The molecule has 2 aromatic heterocycles. The highest BCUT2D eigenvalue weighted by Gasteiger charge is 2.16. The predicted octanol–water partition coefficient (Wildman–Crippen LogP) is 1.99. The highest BCUT2D eigenvalue weighted by molar-refractivity contribution is 5.23. The maximum absolute atomic E-state index is 5.63. The summed E-state index contributed by atoms with van der Waals surface area (Å²) in [6.45, 7) is 2.05. The van der Waals surface area contributed by atoms with Gasteiger partial charge < -0.3 is 8.83 Å². The van der Waals surface area contributed by atoms with Crippen LogP contribution in [-0.2, 0) is 6.42 Å². The lowest BCUT2D eigenvalue weighted by atomic mass is 10.1. The summed E-state index contributed by atoms with van der Waals surface area (Å²) in [4.78, 5) is 0. The monoisotopic (exact) mass is 206 g/mol. The minimum absolute atomic E-state index is 0.149. The summed E-state index contributed by atoms with van der Waals surface area (Å²) in [5.41, 5.74) is 3.66. The molecule has 2 rings (SSSR count). The number of nitrogens with two attached hydrogens (primary N) is 1. The van der Waals surface area contributed by atoms with Gasteiger partial charge in [0.2, 0.25) is 0 Å². The molecule has 0 amide bonds. The Hall–Kier alpha value is -1.52. The zero-order chi connectivity index (χ0) is 10.7. The number of aryl methyl sites for hydroxylation is 1. The van der Waals surface area contributed by atoms with Gasteiger partial charge in [0.15, 0.2) is 0 Å². The van der Waals surface area contributed by atoms with E-state index in [1.54, 1.807) is 12.5 Å². The van der Waals surface area contributed by atoms with Crippen molar-refractivity contribution in [3.63, 3.8) is 0 Å². The summed E-state index contributed by atoms with van der Waals surface area (Å²) in [5.74, 6) is 7.25. The van der Waals surface area contributed by atoms with E-state index in [0.717, 1.165) is 23.5 Å². The Morgan fingerprint density at radius 3 is 2.80 bits per heavy atom. The molecule has 15 heavy (non-hydrogen) atoms. The van der Waals surface area contributed by atoms with Crippen LogP contribution in [0.25, 0.3) is 0 Å². The highest BCUT2D eigenvalue weighted by Crippen LogP contribution is 2.23. The molecule has 0 aliphatic carbocycles. The fraction of sp³-hybridized carbons (Fsp3) is 0.273. The van der Waals surface area contributed by atoms with Crippen molar-refractivity contribution in [2.45, 2.75) is 19.4 Å². The minimum atomic E-state index is -0.149. The summed E-state index contributed by atoms with van der Waals surface area (Å²) < 4.78 is 10.6. The quantitative estimate of drug-likeness (QED) is 0.593. The first-order valence-electron chi connectivity index (χ1n) is 4.92. The van der Waals surface area contributed by atoms with Crippen LogP contribution < -0.4 is 11.3 Å². The normalized spacial score (nSPS) is 12.9. The average Bonchev–Trinajstić information content (AvgIpc) is 2.89. The second-order valence-electron chi connectivity index (χ2n) is 3.31. The fourth-order valence-corrected chi connectivity index (χ4v) is 1.52. The van der Waals surface area contributed by atoms with Gasteiger partial charge in [-0.05, 0) is 18.2 Å². The van der Waals surface area contributed by atoms with Gasteiger partial charge in [0.25, 0.3) is 0 Å². The third kappa shape index (κ3) is 1.95. The van der Waals surface area contributed by atoms with E-state index in [-0.39, 0.29) is 6.04 Å². The molecule has 0 aliphatic rings. The summed E-state index contributed by atoms with van der Waals surface area (Å²) >= 11 is 0. The number of nitrogens with one attached hydrogen (secondary N) is 1. The molecular formula is C11H14N2O2. The molecule has 0 radical (unpaired) electrons. The lowest BCUT2D eigenvalue weighted by molar-refractivity contribution is 0.423. The van der Waals surface area contributed by atoms with Crippen LogP contribution in [0.4, 0.5) is 0 Å². The molecule has 0 saturated carbocycles. The molecule has 0 saturated heterocycles. The molecule has 4 heteroatoms. The van der Waals surface area contributed by atoms with Gasteiger partial charge in [-0.3, -0.25) is 5.84 Å². The largest absolute Gasteiger partial charge is 0.472 e. The lowest BCUT2D eigenvalue weighted by Gasteiger charge is -2.10. The Bertz CT molecular complexity index is 406. The molecule has 2 heterocycles. The van der Waals surface area contributed by atoms with Crippen LogP contribution in [-0.4, -0.2) is 0 Å². The van der Waals surface area contributed by atoms with Crippen molar-refractivity contribution in [2.75, 3.05) is 0 Å². The molecule has 0 aliphatic heterocycles. The molecule has 4 nitrogen and oxygen atoms in total. The van der Waals surface area contributed by atoms with E-state index < -0.39 is 0 Å². The van der Waals surface area contributed by atoms with Crippen molar-refractivity contribution in [3.05, 3.63) is 47.8 Å². The predicted molar refractivity (Wildman–Crippen MR) is 56.0 cm³/mol. The third-order valence-corrected chi connectivity index (χ3v) is 2.36. The second-order valence-corrected chi connectivity index (χ2v) is 3.31. The second kappa shape index (κ2) is 4.33. The van der Waals surface area contributed by atoms with Gasteiger partial charge in [-0.25, -0.2) is 5.43 Å². The van der Waals surface area contributed by atoms with E-state index in [1.807, 2.05) is 25.1 Å². The summed E-state index contributed by atoms with van der Waals surface area (Å²) in [5, 5.41) is 0. The van der Waals surface area contributed by atoms with Crippen molar-refractivity contribution in [2.24, 2.45) is 5.84 Å². The van der Waals surface area contributed by atoms with Crippen LogP contribution in [0.2, 0.25) is 0 Å². The van der Waals surface area contributed by atoms with E-state index in [9.17, 15) is 0 Å². The average molecular weight is 206 g/mol. The van der Waals surface area contributed by atoms with Crippen LogP contribution in [0.5, 0.6) is 0 Å². The van der Waals surface area contributed by atoms with E-state index in [1.165, 1.54) is 0 Å². The van der Waals surface area contributed by atoms with E-state index in [4.69, 9.17) is 14.7 Å². The van der Waals surface area contributed by atoms with Gasteiger partial charge in [-0.2, -0.15) is 0 Å². The van der Waals surface area contributed by atoms with Gasteiger partial charge in [0, 0.05) is 12.0 Å². The zero-order valence-electron chi connectivity index (χ0n) is 8.57. The number of rotatable bonds is 4. The van der Waals surface area contributed by atoms with Gasteiger partial charge >= 0.3 is 0 Å². The molecule has 1 unspecified atom stereocenters. The smallest absolute Gasteiger partial charge is 0.127 e. The lowest BCUT2D eigenvalue weighted by Crippen LogP contribution is -2.28. The van der Waals surface area contributed by atoms with Crippen LogP contribution in [0.3, 0.4) is 0 Å². The molecule has 0 fully saturated rings. The molecular weight excluding hydrogens is 192 g/mol. The number of furan rings is 2. The Morgan fingerprint density at radius 1 is 1.40 bits per heavy atom. The van der Waals surface area contributed by atoms with Crippen molar-refractivity contribution < 1.29 is 8.83 Å². The van der Waals surface area contributed by atoms with Crippen molar-refractivity contribution >= 4 is 0 Å². The maximum Gasteiger partial charge on any atom is 0.127 e. The molecule has 0 aromatic carbocycles. The van der Waals surface area contributed by atoms with Crippen molar-refractivity contribution in [3.8, 4) is 0 Å². The van der Waals surface area contributed by atoms with Crippen molar-refractivity contribution in [1.82, 2.24) is 5.43 Å². The molecule has 1 atom stereocenters. The van der Waals surface area contributed by atoms with Crippen LogP contribution in [0, 0.1) is 0 Å². The minimum Gasteiger partial charge on any atom is -0.472 e. The first kappa shape index (κ1) is 10.0. The number of hydrogen-bond acceptors (Lipinski definition) is 4. The summed E-state index contributed by atoms with van der Waals surface area (Å²) in [6.07, 6.45) is 4.14. The van der Waals surface area contributed by atoms with Crippen LogP contribution >= 0.6 is 0 Å². The Morgan fingerprint density at radius 2 is 2.27 bits per heavy atom. The highest BCUT2D eigenvalue weighted by atomic mass is 16.3. The molecule has 3 N–H and O–H groups in total. The number of hydrazine groups is 1. The van der Waals surface area contributed by atoms with E-state index in [0.29, 0.717) is 0 Å². The van der Waals surface area contributed by atoms with Gasteiger partial charge in [0.05, 0.1) is 12.5 Å². The molecule has 2 aromatic rings. The third-order valence-electron chi connectivity index (χ3n) is 2.36. The van der Waals surface area contributed by atoms with E-state index in [2.05, 4.69) is 5.43 Å². The summed E-state index contributed by atoms with van der Waals surface area (Å²) in [6, 6.07) is 5.60. The fourth-order valence-electron chi connectivity index (χ4n) is 1.52. The zero-order valence-corrected chi connectivity index (χ0v) is 8.57. The molecule has 0 spiro atoms. The van der Waals surface area contributed by atoms with Gasteiger partial charge in [-0.15, -0.1) is 0 Å². The van der Waals surface area contributed by atoms with Crippen LogP contribution in [0.1, 0.15) is 30.0 Å². The topological polar surface area (TPSA) is 64.3 Å². The first-order chi connectivity index (χ1) is 7.35. The Balaban J connectivity index is 2.27. The standard InChI is InChI=1S/C11H14N2O2/c1-2-9-3-4-10(15-9)11(13-12)8-5-6-14-7-8/h3-7,11,13H,2,12H2,1H3. The van der Waals surface area contributed by atoms with Gasteiger partial charge in [-0.1, -0.05) is 6.92 Å². The van der Waals surface area contributed by atoms with Crippen molar-refractivity contribution in [1.29, 1.82) is 0 Å².